The van der Waals surface area contributed by atoms with Gasteiger partial charge in [0.15, 0.2) is 0 Å². The minimum atomic E-state index is -0.427. The fourth-order valence-electron chi connectivity index (χ4n) is 1.53. The lowest BCUT2D eigenvalue weighted by molar-refractivity contribution is 0.177. The van der Waals surface area contributed by atoms with Crippen molar-refractivity contribution in [3.63, 3.8) is 0 Å². The Labute approximate surface area is 98.2 Å². The van der Waals surface area contributed by atoms with Gasteiger partial charge in [-0.2, -0.15) is 0 Å². The molecule has 2 nitrogen and oxygen atoms in total. The van der Waals surface area contributed by atoms with Gasteiger partial charge in [0.25, 0.3) is 0 Å². The molecule has 1 aromatic carbocycles. The van der Waals surface area contributed by atoms with Gasteiger partial charge in [0.2, 0.25) is 0 Å². The van der Waals surface area contributed by atoms with Crippen molar-refractivity contribution in [2.45, 2.75) is 25.9 Å². The Kier molecular flexibility index (Phi) is 4.56. The van der Waals surface area contributed by atoms with Gasteiger partial charge in [-0.3, -0.25) is 0 Å². The van der Waals surface area contributed by atoms with Gasteiger partial charge in [0.05, 0.1) is 6.10 Å². The van der Waals surface area contributed by atoms with E-state index in [0.29, 0.717) is 6.42 Å². The van der Waals surface area contributed by atoms with E-state index in [4.69, 9.17) is 0 Å². The van der Waals surface area contributed by atoms with E-state index < -0.39 is 6.10 Å². The zero-order chi connectivity index (χ0) is 12.1. The van der Waals surface area contributed by atoms with Crippen molar-refractivity contribution in [3.05, 3.63) is 42.0 Å². The predicted octanol–water partition coefficient (Wildman–Crippen LogP) is 3.14. The van der Waals surface area contributed by atoms with Crippen LogP contribution in [0.4, 0.5) is 5.69 Å². The quantitative estimate of drug-likeness (QED) is 0.769. The highest BCUT2D eigenvalue weighted by atomic mass is 16.3. The summed E-state index contributed by atoms with van der Waals surface area (Å²) in [6.07, 6.45) is 1.15. The maximum Gasteiger partial charge on any atom is 0.0827 e. The molecular formula is C14H21NO. The van der Waals surface area contributed by atoms with E-state index in [0.717, 1.165) is 23.2 Å². The molecule has 0 aliphatic heterocycles. The maximum atomic E-state index is 9.98. The molecule has 0 spiro atoms. The van der Waals surface area contributed by atoms with Crippen LogP contribution in [0, 0.1) is 0 Å². The van der Waals surface area contributed by atoms with Crippen molar-refractivity contribution >= 4 is 5.69 Å². The molecule has 16 heavy (non-hydrogen) atoms. The summed E-state index contributed by atoms with van der Waals surface area (Å²) in [5.41, 5.74) is 3.19. The Morgan fingerprint density at radius 1 is 1.31 bits per heavy atom. The molecule has 0 aliphatic rings. The van der Waals surface area contributed by atoms with Gasteiger partial charge < -0.3 is 10.0 Å². The first-order chi connectivity index (χ1) is 7.54. The number of aliphatic hydroxyl groups is 1. The summed E-state index contributed by atoms with van der Waals surface area (Å²) in [6, 6.07) is 7.99. The zero-order valence-corrected chi connectivity index (χ0v) is 10.4. The van der Waals surface area contributed by atoms with Crippen LogP contribution in [0.5, 0.6) is 0 Å². The summed E-state index contributed by atoms with van der Waals surface area (Å²) < 4.78 is 0. The first kappa shape index (κ1) is 12.8. The molecule has 0 bridgehead atoms. The van der Waals surface area contributed by atoms with Gasteiger partial charge in [-0.05, 0) is 30.5 Å². The number of nitrogens with zero attached hydrogens (tertiary/aromatic N) is 1. The topological polar surface area (TPSA) is 23.5 Å². The summed E-state index contributed by atoms with van der Waals surface area (Å²) in [6.45, 7) is 5.98. The van der Waals surface area contributed by atoms with E-state index >= 15 is 0 Å². The maximum absolute atomic E-state index is 9.98. The first-order valence-corrected chi connectivity index (χ1v) is 5.66. The highest BCUT2D eigenvalue weighted by Gasteiger charge is 2.08. The third-order valence-electron chi connectivity index (χ3n) is 2.78. The lowest BCUT2D eigenvalue weighted by atomic mass is 10.0. The van der Waals surface area contributed by atoms with Crippen LogP contribution in [0.2, 0.25) is 0 Å². The van der Waals surface area contributed by atoms with Crippen LogP contribution >= 0.6 is 0 Å². The number of rotatable bonds is 5. The molecule has 1 aromatic rings. The SMILES string of the molecule is C=C(CC)CC(O)c1ccc(N(C)C)cc1. The number of anilines is 1. The van der Waals surface area contributed by atoms with Crippen molar-refractivity contribution in [1.29, 1.82) is 0 Å². The van der Waals surface area contributed by atoms with E-state index in [1.54, 1.807) is 0 Å². The summed E-state index contributed by atoms with van der Waals surface area (Å²) >= 11 is 0. The fourth-order valence-corrected chi connectivity index (χ4v) is 1.53. The zero-order valence-electron chi connectivity index (χ0n) is 10.4. The second-order valence-electron chi connectivity index (χ2n) is 4.31. The van der Waals surface area contributed by atoms with Gasteiger partial charge in [-0.25, -0.2) is 0 Å². The van der Waals surface area contributed by atoms with E-state index in [1.165, 1.54) is 0 Å². The third-order valence-corrected chi connectivity index (χ3v) is 2.78. The van der Waals surface area contributed by atoms with Crippen LogP contribution in [0.1, 0.15) is 31.4 Å². The van der Waals surface area contributed by atoms with Crippen LogP contribution in [0.3, 0.4) is 0 Å². The van der Waals surface area contributed by atoms with Gasteiger partial charge in [-0.15, -0.1) is 0 Å². The number of hydrogen-bond donors (Lipinski definition) is 1. The summed E-state index contributed by atoms with van der Waals surface area (Å²) in [7, 11) is 4.01. The molecule has 0 amide bonds. The minimum Gasteiger partial charge on any atom is -0.388 e. The van der Waals surface area contributed by atoms with Crippen molar-refractivity contribution in [1.82, 2.24) is 0 Å². The van der Waals surface area contributed by atoms with E-state index in [1.807, 2.05) is 43.3 Å². The van der Waals surface area contributed by atoms with Crippen LogP contribution < -0.4 is 4.90 Å². The van der Waals surface area contributed by atoms with Crippen molar-refractivity contribution in [3.8, 4) is 0 Å². The van der Waals surface area contributed by atoms with Crippen LogP contribution in [0.15, 0.2) is 36.4 Å². The average Bonchev–Trinajstić information content (AvgIpc) is 2.28. The third kappa shape index (κ3) is 3.38. The molecule has 0 aliphatic carbocycles. The van der Waals surface area contributed by atoms with Gasteiger partial charge in [-0.1, -0.05) is 31.2 Å². The van der Waals surface area contributed by atoms with Gasteiger partial charge >= 0.3 is 0 Å². The number of aliphatic hydroxyl groups excluding tert-OH is 1. The highest BCUT2D eigenvalue weighted by Crippen LogP contribution is 2.23. The molecule has 88 valence electrons. The molecular weight excluding hydrogens is 198 g/mol. The molecule has 0 saturated heterocycles. The number of hydrogen-bond acceptors (Lipinski definition) is 2. The molecule has 0 saturated carbocycles. The summed E-state index contributed by atoms with van der Waals surface area (Å²) in [4.78, 5) is 2.04. The van der Waals surface area contributed by atoms with Crippen molar-refractivity contribution in [2.75, 3.05) is 19.0 Å². The van der Waals surface area contributed by atoms with Gasteiger partial charge in [0.1, 0.15) is 0 Å². The smallest absolute Gasteiger partial charge is 0.0827 e. The van der Waals surface area contributed by atoms with E-state index in [9.17, 15) is 5.11 Å². The normalized spacial score (nSPS) is 12.2. The minimum absolute atomic E-state index is 0.427. The monoisotopic (exact) mass is 219 g/mol. The second-order valence-corrected chi connectivity index (χ2v) is 4.31. The Morgan fingerprint density at radius 3 is 2.31 bits per heavy atom. The lowest BCUT2D eigenvalue weighted by Gasteiger charge is -2.15. The Morgan fingerprint density at radius 2 is 1.88 bits per heavy atom. The Bertz CT molecular complexity index is 340. The first-order valence-electron chi connectivity index (χ1n) is 5.66. The Balaban J connectivity index is 2.70. The van der Waals surface area contributed by atoms with Crippen LogP contribution in [0.25, 0.3) is 0 Å². The molecule has 0 radical (unpaired) electrons. The molecule has 0 fully saturated rings. The van der Waals surface area contributed by atoms with Crippen LogP contribution in [-0.4, -0.2) is 19.2 Å². The summed E-state index contributed by atoms with van der Waals surface area (Å²) in [5, 5.41) is 9.98. The van der Waals surface area contributed by atoms with E-state index in [-0.39, 0.29) is 0 Å². The molecule has 1 N–H and O–H groups in total. The average molecular weight is 219 g/mol. The lowest BCUT2D eigenvalue weighted by Crippen LogP contribution is -2.08. The number of benzene rings is 1. The molecule has 0 heterocycles. The largest absolute Gasteiger partial charge is 0.388 e. The van der Waals surface area contributed by atoms with Gasteiger partial charge in [0, 0.05) is 19.8 Å². The molecule has 1 rings (SSSR count). The highest BCUT2D eigenvalue weighted by molar-refractivity contribution is 5.46. The molecule has 0 aromatic heterocycles. The van der Waals surface area contributed by atoms with Crippen LogP contribution in [-0.2, 0) is 0 Å². The summed E-state index contributed by atoms with van der Waals surface area (Å²) in [5.74, 6) is 0. The molecule has 1 unspecified atom stereocenters. The second kappa shape index (κ2) is 5.71. The standard InChI is InChI=1S/C14H21NO/c1-5-11(2)10-14(16)12-6-8-13(9-7-12)15(3)4/h6-9,14,16H,2,5,10H2,1,3-4H3. The fraction of sp³-hybridized carbons (Fsp3) is 0.429. The molecule has 2 heteroatoms. The van der Waals surface area contributed by atoms with E-state index in [2.05, 4.69) is 13.5 Å². The Hall–Kier alpha value is -1.28. The van der Waals surface area contributed by atoms with Crippen molar-refractivity contribution < 1.29 is 5.11 Å². The molecule has 1 atom stereocenters. The predicted molar refractivity (Wildman–Crippen MR) is 69.8 cm³/mol. The van der Waals surface area contributed by atoms with Crippen molar-refractivity contribution in [2.24, 2.45) is 0 Å².